The highest BCUT2D eigenvalue weighted by molar-refractivity contribution is 7.99. The Hall–Kier alpha value is -2.63. The van der Waals surface area contributed by atoms with Crippen LogP contribution in [0.4, 0.5) is 5.00 Å². The van der Waals surface area contributed by atoms with E-state index < -0.39 is 0 Å². The van der Waals surface area contributed by atoms with Crippen molar-refractivity contribution < 1.29 is 4.79 Å². The molecule has 29 heavy (non-hydrogen) atoms. The molecule has 2 aromatic heterocycles. The largest absolute Gasteiger partial charge is 0.316 e. The summed E-state index contributed by atoms with van der Waals surface area (Å²) in [4.78, 5) is 13.8. The lowest BCUT2D eigenvalue weighted by atomic mass is 9.96. The van der Waals surface area contributed by atoms with Crippen LogP contribution in [0.25, 0.3) is 11.4 Å². The summed E-state index contributed by atoms with van der Waals surface area (Å²) >= 11 is 2.89. The number of anilines is 1. The van der Waals surface area contributed by atoms with Gasteiger partial charge in [-0.25, -0.2) is 0 Å². The van der Waals surface area contributed by atoms with Gasteiger partial charge in [0.1, 0.15) is 11.1 Å². The molecule has 1 N–H and O–H groups in total. The summed E-state index contributed by atoms with van der Waals surface area (Å²) in [7, 11) is 1.91. The Morgan fingerprint density at radius 3 is 2.90 bits per heavy atom. The fraction of sp³-hybridized carbons (Fsp3) is 0.333. The van der Waals surface area contributed by atoms with E-state index in [0.717, 1.165) is 48.2 Å². The molecular weight excluding hydrogens is 402 g/mol. The number of rotatable bonds is 5. The number of carbonyl (C=O) groups excluding carboxylic acids is 1. The average Bonchev–Trinajstić information content (AvgIpc) is 3.26. The van der Waals surface area contributed by atoms with Crippen molar-refractivity contribution in [2.45, 2.75) is 37.8 Å². The molecule has 0 spiro atoms. The van der Waals surface area contributed by atoms with E-state index in [1.54, 1.807) is 11.3 Å². The summed E-state index contributed by atoms with van der Waals surface area (Å²) in [6, 6.07) is 10.3. The van der Waals surface area contributed by atoms with Crippen molar-refractivity contribution in [1.82, 2.24) is 14.8 Å². The van der Waals surface area contributed by atoms with E-state index in [-0.39, 0.29) is 11.7 Å². The molecule has 8 heteroatoms. The second-order valence-electron chi connectivity index (χ2n) is 7.04. The van der Waals surface area contributed by atoms with Gasteiger partial charge in [-0.15, -0.1) is 21.5 Å². The summed E-state index contributed by atoms with van der Waals surface area (Å²) in [5, 5.41) is 22.4. The molecule has 0 aliphatic heterocycles. The zero-order chi connectivity index (χ0) is 20.4. The van der Waals surface area contributed by atoms with Gasteiger partial charge in [-0.05, 0) is 43.7 Å². The third-order valence-electron chi connectivity index (χ3n) is 5.09. The number of thioether (sulfide) groups is 1. The predicted octanol–water partition coefficient (Wildman–Crippen LogP) is 4.33. The fourth-order valence-electron chi connectivity index (χ4n) is 3.56. The van der Waals surface area contributed by atoms with Gasteiger partial charge in [0.25, 0.3) is 0 Å². The highest BCUT2D eigenvalue weighted by atomic mass is 32.2. The molecular formula is C21H21N5OS2. The van der Waals surface area contributed by atoms with Crippen LogP contribution >= 0.6 is 23.1 Å². The topological polar surface area (TPSA) is 83.6 Å². The molecule has 0 saturated heterocycles. The van der Waals surface area contributed by atoms with Crippen molar-refractivity contribution in [1.29, 1.82) is 5.26 Å². The first-order valence-corrected chi connectivity index (χ1v) is 11.3. The molecule has 4 rings (SSSR count). The molecule has 0 fully saturated rings. The van der Waals surface area contributed by atoms with Gasteiger partial charge in [0.05, 0.1) is 11.3 Å². The molecule has 0 unspecified atom stereocenters. The van der Waals surface area contributed by atoms with Crippen LogP contribution in [-0.4, -0.2) is 26.4 Å². The van der Waals surface area contributed by atoms with Gasteiger partial charge in [0.15, 0.2) is 11.0 Å². The summed E-state index contributed by atoms with van der Waals surface area (Å²) < 4.78 is 1.91. The first-order chi connectivity index (χ1) is 14.1. The van der Waals surface area contributed by atoms with Crippen LogP contribution in [0.15, 0.2) is 29.4 Å². The highest BCUT2D eigenvalue weighted by Gasteiger charge is 2.22. The minimum Gasteiger partial charge on any atom is -0.316 e. The van der Waals surface area contributed by atoms with Crippen molar-refractivity contribution in [2.75, 3.05) is 11.1 Å². The lowest BCUT2D eigenvalue weighted by molar-refractivity contribution is -0.113. The van der Waals surface area contributed by atoms with Crippen LogP contribution in [0, 0.1) is 18.3 Å². The number of nitrogens with one attached hydrogen (secondary N) is 1. The standard InChI is InChI=1S/C21H21N5OS2/c1-13-7-3-4-8-14(13)19-24-25-21(26(19)2)28-12-18(27)23-20-16(11-22)15-9-5-6-10-17(15)29-20/h3-4,7-8H,5-6,9-10,12H2,1-2H3,(H,23,27). The first-order valence-electron chi connectivity index (χ1n) is 9.51. The summed E-state index contributed by atoms with van der Waals surface area (Å²) in [5.74, 6) is 0.863. The minimum absolute atomic E-state index is 0.134. The number of thiophene rings is 1. The Bertz CT molecular complexity index is 1110. The average molecular weight is 424 g/mol. The van der Waals surface area contributed by atoms with E-state index in [2.05, 4.69) is 21.6 Å². The number of nitriles is 1. The molecule has 2 heterocycles. The van der Waals surface area contributed by atoms with Crippen molar-refractivity contribution in [3.63, 3.8) is 0 Å². The molecule has 1 aliphatic carbocycles. The Kier molecular flexibility index (Phi) is 5.69. The van der Waals surface area contributed by atoms with Gasteiger partial charge >= 0.3 is 0 Å². The Balaban J connectivity index is 1.44. The maximum Gasteiger partial charge on any atom is 0.235 e. The molecule has 1 aliphatic rings. The number of benzene rings is 1. The van der Waals surface area contributed by atoms with Gasteiger partial charge in [-0.3, -0.25) is 4.79 Å². The van der Waals surface area contributed by atoms with Crippen molar-refractivity contribution in [3.05, 3.63) is 45.8 Å². The zero-order valence-electron chi connectivity index (χ0n) is 16.4. The van der Waals surface area contributed by atoms with E-state index in [4.69, 9.17) is 0 Å². The van der Waals surface area contributed by atoms with Gasteiger partial charge in [-0.1, -0.05) is 36.0 Å². The maximum absolute atomic E-state index is 12.5. The molecule has 0 bridgehead atoms. The van der Waals surface area contributed by atoms with Crippen LogP contribution < -0.4 is 5.32 Å². The second kappa shape index (κ2) is 8.39. The number of amides is 1. The van der Waals surface area contributed by atoms with E-state index in [0.29, 0.717) is 15.7 Å². The summed E-state index contributed by atoms with van der Waals surface area (Å²) in [6.45, 7) is 2.04. The molecule has 6 nitrogen and oxygen atoms in total. The van der Waals surface area contributed by atoms with Crippen molar-refractivity contribution in [3.8, 4) is 17.5 Å². The Morgan fingerprint density at radius 1 is 1.31 bits per heavy atom. The maximum atomic E-state index is 12.5. The smallest absolute Gasteiger partial charge is 0.235 e. The summed E-state index contributed by atoms with van der Waals surface area (Å²) in [5.41, 5.74) is 3.93. The molecule has 0 radical (unpaired) electrons. The molecule has 148 valence electrons. The molecule has 3 aromatic rings. The van der Waals surface area contributed by atoms with Gasteiger partial charge in [0, 0.05) is 17.5 Å². The zero-order valence-corrected chi connectivity index (χ0v) is 18.0. The SMILES string of the molecule is Cc1ccccc1-c1nnc(SCC(=O)Nc2sc3c(c2C#N)CCCC3)n1C. The number of carbonyl (C=O) groups is 1. The van der Waals surface area contributed by atoms with Crippen LogP contribution in [0.2, 0.25) is 0 Å². The number of aromatic nitrogens is 3. The lowest BCUT2D eigenvalue weighted by Crippen LogP contribution is -2.14. The third-order valence-corrected chi connectivity index (χ3v) is 7.32. The number of hydrogen-bond acceptors (Lipinski definition) is 6. The quantitative estimate of drug-likeness (QED) is 0.618. The number of aryl methyl sites for hydroxylation is 2. The Labute approximate surface area is 178 Å². The van der Waals surface area contributed by atoms with Crippen LogP contribution in [0.5, 0.6) is 0 Å². The molecule has 1 aromatic carbocycles. The highest BCUT2D eigenvalue weighted by Crippen LogP contribution is 2.37. The number of hydrogen-bond donors (Lipinski definition) is 1. The molecule has 1 amide bonds. The van der Waals surface area contributed by atoms with Crippen LogP contribution in [-0.2, 0) is 24.7 Å². The molecule has 0 atom stereocenters. The van der Waals surface area contributed by atoms with Gasteiger partial charge in [-0.2, -0.15) is 5.26 Å². The number of fused-ring (bicyclic) bond motifs is 1. The first kappa shape index (κ1) is 19.7. The Morgan fingerprint density at radius 2 is 2.10 bits per heavy atom. The minimum atomic E-state index is -0.134. The van der Waals surface area contributed by atoms with E-state index in [9.17, 15) is 10.1 Å². The van der Waals surface area contributed by atoms with Crippen LogP contribution in [0.3, 0.4) is 0 Å². The fourth-order valence-corrected chi connectivity index (χ4v) is 5.53. The third kappa shape index (κ3) is 3.93. The van der Waals surface area contributed by atoms with Gasteiger partial charge < -0.3 is 9.88 Å². The lowest BCUT2D eigenvalue weighted by Gasteiger charge is -2.09. The van der Waals surface area contributed by atoms with E-state index in [1.165, 1.54) is 16.6 Å². The monoisotopic (exact) mass is 423 g/mol. The molecule has 0 saturated carbocycles. The van der Waals surface area contributed by atoms with E-state index >= 15 is 0 Å². The van der Waals surface area contributed by atoms with Gasteiger partial charge in [0.2, 0.25) is 5.91 Å². The van der Waals surface area contributed by atoms with E-state index in [1.807, 2.05) is 42.8 Å². The predicted molar refractivity (Wildman–Crippen MR) is 116 cm³/mol. The van der Waals surface area contributed by atoms with Crippen molar-refractivity contribution in [2.24, 2.45) is 7.05 Å². The number of nitrogens with zero attached hydrogens (tertiary/aromatic N) is 4. The normalized spacial score (nSPS) is 13.0. The summed E-state index contributed by atoms with van der Waals surface area (Å²) in [6.07, 6.45) is 4.19. The van der Waals surface area contributed by atoms with Crippen LogP contribution in [0.1, 0.15) is 34.4 Å². The second-order valence-corrected chi connectivity index (χ2v) is 9.09. The van der Waals surface area contributed by atoms with Crippen molar-refractivity contribution >= 4 is 34.0 Å².